The van der Waals surface area contributed by atoms with E-state index in [-0.39, 0.29) is 0 Å². The Balaban J connectivity index is 2.67. The number of aliphatic hydroxyl groups excluding tert-OH is 1. The van der Waals surface area contributed by atoms with Crippen LogP contribution in [0.5, 0.6) is 0 Å². The molecule has 1 atom stereocenters. The summed E-state index contributed by atoms with van der Waals surface area (Å²) in [5, 5.41) is 21.2. The summed E-state index contributed by atoms with van der Waals surface area (Å²) in [7, 11) is 0. The second kappa shape index (κ2) is 5.11. The van der Waals surface area contributed by atoms with Gasteiger partial charge in [-0.3, -0.25) is 4.79 Å². The van der Waals surface area contributed by atoms with Crippen molar-refractivity contribution in [2.45, 2.75) is 6.04 Å². The average Bonchev–Trinajstić information content (AvgIpc) is 2.26. The number of amides is 1. The van der Waals surface area contributed by atoms with Crippen molar-refractivity contribution in [1.29, 1.82) is 0 Å². The van der Waals surface area contributed by atoms with Crippen LogP contribution in [0, 0.1) is 0 Å². The number of rotatable bonds is 4. The van der Waals surface area contributed by atoms with Gasteiger partial charge in [0.2, 0.25) is 0 Å². The lowest BCUT2D eigenvalue weighted by Gasteiger charge is -2.16. The van der Waals surface area contributed by atoms with Crippen molar-refractivity contribution in [3.63, 3.8) is 0 Å². The minimum atomic E-state index is -1.51. The van der Waals surface area contributed by atoms with Crippen LogP contribution >= 0.6 is 0 Å². The second-order valence-corrected chi connectivity index (χ2v) is 2.89. The SMILES string of the molecule is O=C(N[C@@H](CO)C(=O)[O-])c1ccccc1. The fourth-order valence-corrected chi connectivity index (χ4v) is 1.01. The molecule has 0 aliphatic heterocycles. The van der Waals surface area contributed by atoms with E-state index in [1.54, 1.807) is 30.3 Å². The Morgan fingerprint density at radius 3 is 2.40 bits per heavy atom. The van der Waals surface area contributed by atoms with Gasteiger partial charge in [0, 0.05) is 5.56 Å². The van der Waals surface area contributed by atoms with Crippen LogP contribution < -0.4 is 10.4 Å². The van der Waals surface area contributed by atoms with Crippen molar-refractivity contribution in [1.82, 2.24) is 5.32 Å². The van der Waals surface area contributed by atoms with E-state index in [2.05, 4.69) is 5.32 Å². The highest BCUT2D eigenvalue weighted by Gasteiger charge is 2.12. The Hall–Kier alpha value is -1.88. The molecule has 0 aromatic heterocycles. The van der Waals surface area contributed by atoms with E-state index < -0.39 is 24.5 Å². The van der Waals surface area contributed by atoms with E-state index in [9.17, 15) is 14.7 Å². The van der Waals surface area contributed by atoms with Gasteiger partial charge in [-0.1, -0.05) is 18.2 Å². The highest BCUT2D eigenvalue weighted by Crippen LogP contribution is 1.98. The molecule has 1 amide bonds. The number of aliphatic carboxylic acids is 1. The number of carboxylic acids is 1. The zero-order valence-corrected chi connectivity index (χ0v) is 7.84. The van der Waals surface area contributed by atoms with Crippen LogP contribution in [0.15, 0.2) is 30.3 Å². The van der Waals surface area contributed by atoms with Crippen molar-refractivity contribution in [3.05, 3.63) is 35.9 Å². The summed E-state index contributed by atoms with van der Waals surface area (Å²) in [6, 6.07) is 6.75. The molecule has 0 aliphatic rings. The molecule has 1 aromatic carbocycles. The topological polar surface area (TPSA) is 89.5 Å². The second-order valence-electron chi connectivity index (χ2n) is 2.89. The van der Waals surface area contributed by atoms with Gasteiger partial charge in [0.25, 0.3) is 5.91 Å². The molecule has 0 aliphatic carbocycles. The predicted molar refractivity (Wildman–Crippen MR) is 49.8 cm³/mol. The van der Waals surface area contributed by atoms with Gasteiger partial charge in [0.1, 0.15) is 0 Å². The van der Waals surface area contributed by atoms with Gasteiger partial charge >= 0.3 is 0 Å². The molecule has 15 heavy (non-hydrogen) atoms. The van der Waals surface area contributed by atoms with E-state index in [1.807, 2.05) is 0 Å². The number of carbonyl (C=O) groups is 2. The molecule has 0 heterocycles. The Bertz CT molecular complexity index is 350. The van der Waals surface area contributed by atoms with Gasteiger partial charge in [-0.2, -0.15) is 0 Å². The Morgan fingerprint density at radius 2 is 1.93 bits per heavy atom. The van der Waals surface area contributed by atoms with Gasteiger partial charge < -0.3 is 20.3 Å². The molecular formula is C10H10NO4-. The van der Waals surface area contributed by atoms with Gasteiger partial charge in [0.15, 0.2) is 0 Å². The molecule has 5 heteroatoms. The van der Waals surface area contributed by atoms with Gasteiger partial charge in [-0.25, -0.2) is 0 Å². The molecule has 1 aromatic rings. The van der Waals surface area contributed by atoms with Crippen LogP contribution in [0.25, 0.3) is 0 Å². The van der Waals surface area contributed by atoms with Crippen molar-refractivity contribution in [3.8, 4) is 0 Å². The first-order valence-corrected chi connectivity index (χ1v) is 4.32. The van der Waals surface area contributed by atoms with E-state index in [4.69, 9.17) is 5.11 Å². The van der Waals surface area contributed by atoms with Crippen LogP contribution in [0.2, 0.25) is 0 Å². The molecule has 0 saturated carbocycles. The van der Waals surface area contributed by atoms with Crippen LogP contribution in [-0.2, 0) is 4.79 Å². The maximum Gasteiger partial charge on any atom is 0.251 e. The van der Waals surface area contributed by atoms with Crippen molar-refractivity contribution in [2.24, 2.45) is 0 Å². The first-order valence-electron chi connectivity index (χ1n) is 4.32. The predicted octanol–water partition coefficient (Wildman–Crippen LogP) is -1.47. The maximum absolute atomic E-state index is 11.4. The zero-order chi connectivity index (χ0) is 11.3. The number of carbonyl (C=O) groups excluding carboxylic acids is 2. The van der Waals surface area contributed by atoms with E-state index in [0.29, 0.717) is 5.56 Å². The van der Waals surface area contributed by atoms with Crippen molar-refractivity contribution >= 4 is 11.9 Å². The number of benzene rings is 1. The molecule has 0 unspecified atom stereocenters. The summed E-state index contributed by atoms with van der Waals surface area (Å²) >= 11 is 0. The van der Waals surface area contributed by atoms with E-state index in [1.165, 1.54) is 0 Å². The average molecular weight is 208 g/mol. The number of hydrogen-bond donors (Lipinski definition) is 2. The zero-order valence-electron chi connectivity index (χ0n) is 7.84. The van der Waals surface area contributed by atoms with Gasteiger partial charge in [-0.05, 0) is 12.1 Å². The van der Waals surface area contributed by atoms with E-state index >= 15 is 0 Å². The summed E-state index contributed by atoms with van der Waals surface area (Å²) < 4.78 is 0. The molecule has 0 fully saturated rings. The summed E-state index contributed by atoms with van der Waals surface area (Å²) in [4.78, 5) is 21.8. The highest BCUT2D eigenvalue weighted by atomic mass is 16.4. The van der Waals surface area contributed by atoms with E-state index in [0.717, 1.165) is 0 Å². The molecule has 5 nitrogen and oxygen atoms in total. The number of hydrogen-bond acceptors (Lipinski definition) is 4. The van der Waals surface area contributed by atoms with Crippen LogP contribution in [0.3, 0.4) is 0 Å². The van der Waals surface area contributed by atoms with Crippen LogP contribution in [0.4, 0.5) is 0 Å². The lowest BCUT2D eigenvalue weighted by molar-refractivity contribution is -0.308. The molecule has 0 saturated heterocycles. The third-order valence-corrected chi connectivity index (χ3v) is 1.81. The Labute approximate surface area is 86.4 Å². The third kappa shape index (κ3) is 3.07. The number of nitrogens with one attached hydrogen (secondary N) is 1. The molecule has 0 bridgehead atoms. The third-order valence-electron chi connectivity index (χ3n) is 1.81. The fourth-order valence-electron chi connectivity index (χ4n) is 1.01. The quantitative estimate of drug-likeness (QED) is 0.632. The summed E-state index contributed by atoms with van der Waals surface area (Å²) in [5.41, 5.74) is 0.331. The van der Waals surface area contributed by atoms with Crippen LogP contribution in [0.1, 0.15) is 10.4 Å². The number of aliphatic hydroxyl groups is 1. The normalized spacial score (nSPS) is 11.8. The first-order chi connectivity index (χ1) is 7.15. The molecule has 1 rings (SSSR count). The molecule has 2 N–H and O–H groups in total. The molecule has 0 radical (unpaired) electrons. The van der Waals surface area contributed by atoms with Crippen molar-refractivity contribution < 1.29 is 19.8 Å². The minimum absolute atomic E-state index is 0.331. The first kappa shape index (κ1) is 11.2. The van der Waals surface area contributed by atoms with Crippen molar-refractivity contribution in [2.75, 3.05) is 6.61 Å². The fraction of sp³-hybridized carbons (Fsp3) is 0.200. The maximum atomic E-state index is 11.4. The molecule has 0 spiro atoms. The largest absolute Gasteiger partial charge is 0.548 e. The smallest absolute Gasteiger partial charge is 0.251 e. The molecule has 80 valence electrons. The highest BCUT2D eigenvalue weighted by molar-refractivity contribution is 5.96. The van der Waals surface area contributed by atoms with Gasteiger partial charge in [0.05, 0.1) is 18.6 Å². The summed E-state index contributed by atoms with van der Waals surface area (Å²) in [5.74, 6) is -2.07. The summed E-state index contributed by atoms with van der Waals surface area (Å²) in [6.07, 6.45) is 0. The molecular weight excluding hydrogens is 198 g/mol. The minimum Gasteiger partial charge on any atom is -0.548 e. The monoisotopic (exact) mass is 208 g/mol. The van der Waals surface area contributed by atoms with Crippen LogP contribution in [-0.4, -0.2) is 29.6 Å². The summed E-state index contributed by atoms with van der Waals surface area (Å²) in [6.45, 7) is -0.694. The lowest BCUT2D eigenvalue weighted by Crippen LogP contribution is -2.50. The number of carboxylic acid groups (broad SMARTS) is 1. The Morgan fingerprint density at radius 1 is 1.33 bits per heavy atom. The standard InChI is InChI=1S/C10H11NO4/c12-6-8(10(14)15)11-9(13)7-4-2-1-3-5-7/h1-5,8,12H,6H2,(H,11,13)(H,14,15)/p-1/t8-/m0/s1. The van der Waals surface area contributed by atoms with Gasteiger partial charge in [-0.15, -0.1) is 0 Å². The Kier molecular flexibility index (Phi) is 3.82. The lowest BCUT2D eigenvalue weighted by atomic mass is 10.2.